The Balaban J connectivity index is 2.33. The number of rotatable bonds is 37. The molecule has 0 aromatic carbocycles. The van der Waals surface area contributed by atoms with Crippen LogP contribution in [0.5, 0.6) is 0 Å². The lowest BCUT2D eigenvalue weighted by molar-refractivity contribution is -0.394. The Hall–Kier alpha value is -2.56. The molecular formula is C38H72N6O5. The maximum Gasteiger partial charge on any atom is 0.455 e. The monoisotopic (exact) mass is 693 g/mol. The van der Waals surface area contributed by atoms with Crippen LogP contribution < -0.4 is 5.32 Å². The van der Waals surface area contributed by atoms with E-state index in [-0.39, 0.29) is 24.0 Å². The lowest BCUT2D eigenvalue weighted by atomic mass is 10.0. The van der Waals surface area contributed by atoms with Crippen molar-refractivity contribution in [2.45, 2.75) is 193 Å². The quantitative estimate of drug-likeness (QED) is 0.0229. The van der Waals surface area contributed by atoms with Gasteiger partial charge in [0.15, 0.2) is 0 Å². The van der Waals surface area contributed by atoms with E-state index in [0.717, 1.165) is 103 Å². The molecule has 0 spiro atoms. The van der Waals surface area contributed by atoms with Gasteiger partial charge in [0.05, 0.1) is 0 Å². The molecule has 11 nitrogen and oxygen atoms in total. The first-order valence-corrected chi connectivity index (χ1v) is 20.2. The van der Waals surface area contributed by atoms with Gasteiger partial charge in [0.1, 0.15) is 12.4 Å². The van der Waals surface area contributed by atoms with E-state index >= 15 is 0 Å². The van der Waals surface area contributed by atoms with Gasteiger partial charge in [-0.15, -0.1) is 5.10 Å². The Kier molecular flexibility index (Phi) is 29.6. The molecule has 49 heavy (non-hydrogen) atoms. The van der Waals surface area contributed by atoms with E-state index in [4.69, 9.17) is 4.74 Å². The van der Waals surface area contributed by atoms with Crippen molar-refractivity contribution >= 4 is 24.2 Å². The van der Waals surface area contributed by atoms with E-state index in [9.17, 15) is 19.7 Å². The number of ether oxygens (including phenoxy) is 1. The van der Waals surface area contributed by atoms with Crippen LogP contribution in [0.1, 0.15) is 187 Å². The van der Waals surface area contributed by atoms with E-state index < -0.39 is 4.92 Å². The number of aromatic nitrogens is 3. The average molecular weight is 693 g/mol. The number of carbonyl (C=O) groups excluding carboxylic acids is 2. The smallest absolute Gasteiger partial charge is 0.455 e. The predicted octanol–water partition coefficient (Wildman–Crippen LogP) is 10.1. The largest absolute Gasteiger partial charge is 0.462 e. The highest BCUT2D eigenvalue weighted by Crippen LogP contribution is 2.18. The molecule has 0 amide bonds. The zero-order valence-corrected chi connectivity index (χ0v) is 31.4. The topological polar surface area (TPSA) is 143 Å². The first-order valence-electron chi connectivity index (χ1n) is 20.2. The molecule has 2 N–H and O–H groups in total. The van der Waals surface area contributed by atoms with Gasteiger partial charge >= 0.3 is 17.9 Å². The first-order chi connectivity index (χ1) is 24.0. The number of nitro groups is 1. The van der Waals surface area contributed by atoms with E-state index in [1.807, 2.05) is 0 Å². The lowest BCUT2D eigenvalue weighted by Gasteiger charge is -2.22. The van der Waals surface area contributed by atoms with Crippen LogP contribution >= 0.6 is 0 Å². The van der Waals surface area contributed by atoms with Gasteiger partial charge in [0, 0.05) is 19.4 Å². The summed E-state index contributed by atoms with van der Waals surface area (Å²) in [5, 5.41) is 20.1. The number of aldehydes is 1. The molecule has 0 atom stereocenters. The average Bonchev–Trinajstić information content (AvgIpc) is 3.58. The number of nitrogens with zero attached hydrogens (tertiary/aromatic N) is 4. The summed E-state index contributed by atoms with van der Waals surface area (Å²) in [4.78, 5) is 39.8. The maximum absolute atomic E-state index is 12.7. The lowest BCUT2D eigenvalue weighted by Crippen LogP contribution is -2.28. The Morgan fingerprint density at radius 3 is 1.84 bits per heavy atom. The molecule has 0 aliphatic rings. The van der Waals surface area contributed by atoms with Crippen molar-refractivity contribution in [2.24, 2.45) is 0 Å². The van der Waals surface area contributed by atoms with Crippen LogP contribution in [0.3, 0.4) is 0 Å². The van der Waals surface area contributed by atoms with Crippen LogP contribution in [0.2, 0.25) is 0 Å². The third-order valence-corrected chi connectivity index (χ3v) is 9.29. The standard InChI is InChI=1S/C38H72N6O5/c1-3-5-7-9-14-20-27-35(28-21-15-10-8-6-4-2)49-36(46)29-22-16-13-18-24-32-43(31-23-17-11-12-19-25-34-45)33-26-30-39-37-40-38(42-41-37)44(47)48/h34-35H,3-33H2,1-2H3,(H2,39,40,41,42). The van der Waals surface area contributed by atoms with Crippen molar-refractivity contribution in [3.8, 4) is 0 Å². The molecule has 0 bridgehead atoms. The highest BCUT2D eigenvalue weighted by Gasteiger charge is 2.15. The summed E-state index contributed by atoms with van der Waals surface area (Å²) in [5.74, 6) is -0.110. The minimum atomic E-state index is -0.587. The Morgan fingerprint density at radius 2 is 1.29 bits per heavy atom. The van der Waals surface area contributed by atoms with Crippen LogP contribution in [0, 0.1) is 10.1 Å². The summed E-state index contributed by atoms with van der Waals surface area (Å²) >= 11 is 0. The molecule has 0 aliphatic heterocycles. The van der Waals surface area contributed by atoms with Crippen molar-refractivity contribution in [2.75, 3.05) is 31.5 Å². The van der Waals surface area contributed by atoms with Gasteiger partial charge in [-0.1, -0.05) is 122 Å². The van der Waals surface area contributed by atoms with Crippen molar-refractivity contribution in [1.82, 2.24) is 20.1 Å². The Morgan fingerprint density at radius 1 is 0.776 bits per heavy atom. The molecule has 0 aliphatic carbocycles. The summed E-state index contributed by atoms with van der Waals surface area (Å²) < 4.78 is 6.02. The summed E-state index contributed by atoms with van der Waals surface area (Å²) in [6, 6.07) is 0. The molecule has 1 aromatic heterocycles. The molecule has 0 saturated carbocycles. The van der Waals surface area contributed by atoms with E-state index in [0.29, 0.717) is 19.4 Å². The third kappa shape index (κ3) is 26.9. The highest BCUT2D eigenvalue weighted by atomic mass is 16.6. The zero-order chi connectivity index (χ0) is 35.6. The van der Waals surface area contributed by atoms with Crippen LogP contribution in [-0.4, -0.2) is 69.5 Å². The second-order valence-corrected chi connectivity index (χ2v) is 13.8. The first kappa shape index (κ1) is 44.5. The molecule has 1 heterocycles. The number of hydrogen-bond acceptors (Lipinski definition) is 9. The fraction of sp³-hybridized carbons (Fsp3) is 0.895. The Labute approximate surface area is 298 Å². The fourth-order valence-corrected chi connectivity index (χ4v) is 6.29. The van der Waals surface area contributed by atoms with Gasteiger partial charge < -0.3 is 29.9 Å². The summed E-state index contributed by atoms with van der Waals surface area (Å²) in [6.45, 7) is 8.17. The van der Waals surface area contributed by atoms with Crippen LogP contribution in [0.15, 0.2) is 0 Å². The number of esters is 1. The number of H-pyrrole nitrogens is 1. The van der Waals surface area contributed by atoms with E-state index in [2.05, 4.69) is 39.2 Å². The van der Waals surface area contributed by atoms with Crippen LogP contribution in [0.25, 0.3) is 0 Å². The minimum absolute atomic E-state index is 0.00689. The summed E-state index contributed by atoms with van der Waals surface area (Å²) in [6.07, 6.45) is 31.4. The molecule has 1 rings (SSSR count). The molecular weight excluding hydrogens is 620 g/mol. The van der Waals surface area contributed by atoms with Crippen molar-refractivity contribution in [3.63, 3.8) is 0 Å². The van der Waals surface area contributed by atoms with Gasteiger partial charge in [-0.05, 0) is 87.3 Å². The summed E-state index contributed by atoms with van der Waals surface area (Å²) in [5.41, 5.74) is 0. The number of carbonyl (C=O) groups is 2. The minimum Gasteiger partial charge on any atom is -0.462 e. The van der Waals surface area contributed by atoms with Crippen molar-refractivity contribution in [1.29, 1.82) is 0 Å². The number of aromatic amines is 1. The van der Waals surface area contributed by atoms with Gasteiger partial charge in [-0.3, -0.25) is 4.79 Å². The molecule has 284 valence electrons. The van der Waals surface area contributed by atoms with Gasteiger partial charge in [-0.25, -0.2) is 0 Å². The SMILES string of the molecule is CCCCCCCCC(CCCCCCCC)OC(=O)CCCCCCCN(CCCCCCCC=O)CCCNc1n[nH]c([N+](=O)[O-])n1. The van der Waals surface area contributed by atoms with Gasteiger partial charge in [0.2, 0.25) is 0 Å². The third-order valence-electron chi connectivity index (χ3n) is 9.29. The fourth-order valence-electron chi connectivity index (χ4n) is 6.29. The second kappa shape index (κ2) is 32.6. The molecule has 1 aromatic rings. The predicted molar refractivity (Wildman–Crippen MR) is 200 cm³/mol. The van der Waals surface area contributed by atoms with Crippen LogP contribution in [-0.2, 0) is 14.3 Å². The van der Waals surface area contributed by atoms with Crippen molar-refractivity contribution in [3.05, 3.63) is 10.1 Å². The number of unbranched alkanes of at least 4 members (excludes halogenated alkanes) is 19. The van der Waals surface area contributed by atoms with Gasteiger partial charge in [-0.2, -0.15) is 0 Å². The van der Waals surface area contributed by atoms with Crippen molar-refractivity contribution < 1.29 is 19.2 Å². The maximum atomic E-state index is 12.7. The summed E-state index contributed by atoms with van der Waals surface area (Å²) in [7, 11) is 0. The second-order valence-electron chi connectivity index (χ2n) is 13.8. The van der Waals surface area contributed by atoms with E-state index in [1.165, 1.54) is 83.5 Å². The molecule has 0 unspecified atom stereocenters. The number of hydrogen-bond donors (Lipinski definition) is 2. The van der Waals surface area contributed by atoms with Gasteiger partial charge in [0.25, 0.3) is 0 Å². The molecule has 0 fully saturated rings. The zero-order valence-electron chi connectivity index (χ0n) is 31.4. The number of nitrogens with one attached hydrogen (secondary N) is 2. The molecule has 0 radical (unpaired) electrons. The normalized spacial score (nSPS) is 11.4. The molecule has 11 heteroatoms. The molecule has 0 saturated heterocycles. The van der Waals surface area contributed by atoms with E-state index in [1.54, 1.807) is 0 Å². The van der Waals surface area contributed by atoms with Crippen LogP contribution in [0.4, 0.5) is 11.9 Å². The highest BCUT2D eigenvalue weighted by molar-refractivity contribution is 5.69. The Bertz CT molecular complexity index is 914. The number of anilines is 1.